The van der Waals surface area contributed by atoms with Crippen LogP contribution in [0.15, 0.2) is 42.7 Å². The lowest BCUT2D eigenvalue weighted by atomic mass is 10.1. The number of nitrogens with one attached hydrogen (secondary N) is 2. The van der Waals surface area contributed by atoms with Crippen molar-refractivity contribution in [3.63, 3.8) is 0 Å². The molecule has 21 heavy (non-hydrogen) atoms. The van der Waals surface area contributed by atoms with Gasteiger partial charge in [0.15, 0.2) is 0 Å². The average Bonchev–Trinajstić information content (AvgIpc) is 2.48. The van der Waals surface area contributed by atoms with Crippen molar-refractivity contribution in [1.82, 2.24) is 10.3 Å². The monoisotopic (exact) mass is 285 g/mol. The lowest BCUT2D eigenvalue weighted by molar-refractivity contribution is 0.102. The molecule has 0 bridgehead atoms. The maximum Gasteiger partial charge on any atom is 0.259 e. The number of pyridine rings is 1. The van der Waals surface area contributed by atoms with Crippen LogP contribution in [0.4, 0.5) is 5.69 Å². The summed E-state index contributed by atoms with van der Waals surface area (Å²) in [5.41, 5.74) is 2.04. The first-order valence-corrected chi connectivity index (χ1v) is 6.89. The topological polar surface area (TPSA) is 74.2 Å². The summed E-state index contributed by atoms with van der Waals surface area (Å²) in [6.07, 6.45) is 2.71. The fraction of sp³-hybridized carbons (Fsp3) is 0.250. The number of carbonyl (C=O) groups excluding carboxylic acids is 1. The SMILES string of the molecule is CCNC(C)c1ccc(NC(=O)c2ccncc2O)cc1. The Morgan fingerprint density at radius 3 is 2.62 bits per heavy atom. The van der Waals surface area contributed by atoms with Gasteiger partial charge in [-0.2, -0.15) is 0 Å². The second kappa shape index (κ2) is 6.85. The van der Waals surface area contributed by atoms with E-state index in [1.54, 1.807) is 0 Å². The Kier molecular flexibility index (Phi) is 4.90. The number of amides is 1. The molecule has 1 aromatic carbocycles. The molecule has 3 N–H and O–H groups in total. The normalized spacial score (nSPS) is 11.9. The molecule has 0 aliphatic heterocycles. The van der Waals surface area contributed by atoms with Gasteiger partial charge in [-0.05, 0) is 37.2 Å². The van der Waals surface area contributed by atoms with E-state index in [-0.39, 0.29) is 23.3 Å². The lowest BCUT2D eigenvalue weighted by Gasteiger charge is -2.13. The fourth-order valence-electron chi connectivity index (χ4n) is 2.06. The maximum absolute atomic E-state index is 12.0. The molecule has 5 nitrogen and oxygen atoms in total. The Balaban J connectivity index is 2.07. The van der Waals surface area contributed by atoms with Gasteiger partial charge in [0.05, 0.1) is 11.8 Å². The molecule has 1 aromatic heterocycles. The number of aromatic nitrogens is 1. The van der Waals surface area contributed by atoms with Gasteiger partial charge >= 0.3 is 0 Å². The summed E-state index contributed by atoms with van der Waals surface area (Å²) in [5.74, 6) is -0.491. The highest BCUT2D eigenvalue weighted by molar-refractivity contribution is 6.05. The van der Waals surface area contributed by atoms with Crippen molar-refractivity contribution in [2.45, 2.75) is 19.9 Å². The first kappa shape index (κ1) is 15.0. The summed E-state index contributed by atoms with van der Waals surface area (Å²) in [6.45, 7) is 5.05. The van der Waals surface area contributed by atoms with Crippen LogP contribution in [0.1, 0.15) is 35.8 Å². The number of benzene rings is 1. The molecule has 2 aromatic rings. The van der Waals surface area contributed by atoms with Crippen molar-refractivity contribution in [2.75, 3.05) is 11.9 Å². The number of carbonyl (C=O) groups is 1. The van der Waals surface area contributed by atoms with Crippen molar-refractivity contribution in [1.29, 1.82) is 0 Å². The Morgan fingerprint density at radius 2 is 2.00 bits per heavy atom. The van der Waals surface area contributed by atoms with Crippen molar-refractivity contribution < 1.29 is 9.90 Å². The lowest BCUT2D eigenvalue weighted by Crippen LogP contribution is -2.17. The minimum atomic E-state index is -0.359. The van der Waals surface area contributed by atoms with E-state index in [4.69, 9.17) is 0 Å². The van der Waals surface area contributed by atoms with Gasteiger partial charge in [-0.1, -0.05) is 19.1 Å². The molecular formula is C16H19N3O2. The number of rotatable bonds is 5. The molecule has 1 heterocycles. The smallest absolute Gasteiger partial charge is 0.259 e. The van der Waals surface area contributed by atoms with E-state index in [0.717, 1.165) is 12.1 Å². The molecule has 5 heteroatoms. The third-order valence-electron chi connectivity index (χ3n) is 3.22. The molecule has 0 fully saturated rings. The second-order valence-electron chi connectivity index (χ2n) is 4.75. The molecule has 1 atom stereocenters. The highest BCUT2D eigenvalue weighted by Gasteiger charge is 2.11. The predicted molar refractivity (Wildman–Crippen MR) is 82.4 cm³/mol. The van der Waals surface area contributed by atoms with Crippen LogP contribution >= 0.6 is 0 Å². The maximum atomic E-state index is 12.0. The van der Waals surface area contributed by atoms with Crippen molar-refractivity contribution in [2.24, 2.45) is 0 Å². The molecule has 0 spiro atoms. The summed E-state index contributed by atoms with van der Waals surface area (Å²) >= 11 is 0. The van der Waals surface area contributed by atoms with E-state index in [1.807, 2.05) is 24.3 Å². The van der Waals surface area contributed by atoms with E-state index in [2.05, 4.69) is 29.5 Å². The van der Waals surface area contributed by atoms with Crippen LogP contribution in [0.3, 0.4) is 0 Å². The molecule has 0 radical (unpaired) electrons. The molecule has 1 unspecified atom stereocenters. The van der Waals surface area contributed by atoms with Gasteiger partial charge in [-0.3, -0.25) is 9.78 Å². The number of hydrogen-bond donors (Lipinski definition) is 3. The summed E-state index contributed by atoms with van der Waals surface area (Å²) in [6, 6.07) is 9.37. The quantitative estimate of drug-likeness (QED) is 0.789. The van der Waals surface area contributed by atoms with Crippen LogP contribution in [0.25, 0.3) is 0 Å². The highest BCUT2D eigenvalue weighted by Crippen LogP contribution is 2.19. The van der Waals surface area contributed by atoms with Crippen LogP contribution in [-0.2, 0) is 0 Å². The Hall–Kier alpha value is -2.40. The Morgan fingerprint density at radius 1 is 1.29 bits per heavy atom. The van der Waals surface area contributed by atoms with Crippen LogP contribution in [0.5, 0.6) is 5.75 Å². The van der Waals surface area contributed by atoms with Crippen molar-refractivity contribution in [3.8, 4) is 5.75 Å². The zero-order valence-electron chi connectivity index (χ0n) is 12.1. The third kappa shape index (κ3) is 3.79. The average molecular weight is 285 g/mol. The molecular weight excluding hydrogens is 266 g/mol. The van der Waals surface area contributed by atoms with E-state index >= 15 is 0 Å². The summed E-state index contributed by atoms with van der Waals surface area (Å²) in [7, 11) is 0. The summed E-state index contributed by atoms with van der Waals surface area (Å²) < 4.78 is 0. The van der Waals surface area contributed by atoms with Gasteiger partial charge in [-0.15, -0.1) is 0 Å². The predicted octanol–water partition coefficient (Wildman–Crippen LogP) is 2.71. The van der Waals surface area contributed by atoms with Crippen LogP contribution in [0.2, 0.25) is 0 Å². The first-order valence-electron chi connectivity index (χ1n) is 6.89. The van der Waals surface area contributed by atoms with Gasteiger partial charge in [0.2, 0.25) is 0 Å². The molecule has 2 rings (SSSR count). The van der Waals surface area contributed by atoms with E-state index in [0.29, 0.717) is 5.69 Å². The summed E-state index contributed by atoms with van der Waals surface area (Å²) in [4.78, 5) is 15.8. The van der Waals surface area contributed by atoms with Crippen LogP contribution in [0, 0.1) is 0 Å². The first-order chi connectivity index (χ1) is 10.1. The van der Waals surface area contributed by atoms with E-state index in [1.165, 1.54) is 18.5 Å². The minimum absolute atomic E-state index is 0.132. The van der Waals surface area contributed by atoms with Crippen molar-refractivity contribution >= 4 is 11.6 Å². The van der Waals surface area contributed by atoms with E-state index < -0.39 is 0 Å². The summed E-state index contributed by atoms with van der Waals surface area (Å²) in [5, 5.41) is 15.7. The standard InChI is InChI=1S/C16H19N3O2/c1-3-18-11(2)12-4-6-13(7-5-12)19-16(21)14-8-9-17-10-15(14)20/h4-11,18,20H,3H2,1-2H3,(H,19,21). The minimum Gasteiger partial charge on any atom is -0.505 e. The number of nitrogens with zero attached hydrogens (tertiary/aromatic N) is 1. The second-order valence-corrected chi connectivity index (χ2v) is 4.75. The fourth-order valence-corrected chi connectivity index (χ4v) is 2.06. The van der Waals surface area contributed by atoms with Gasteiger partial charge in [-0.25, -0.2) is 0 Å². The molecule has 0 aliphatic rings. The number of aromatic hydroxyl groups is 1. The van der Waals surface area contributed by atoms with Gasteiger partial charge in [0.25, 0.3) is 5.91 Å². The zero-order valence-corrected chi connectivity index (χ0v) is 12.1. The molecule has 1 amide bonds. The third-order valence-corrected chi connectivity index (χ3v) is 3.22. The van der Waals surface area contributed by atoms with Gasteiger partial charge in [0, 0.05) is 17.9 Å². The molecule has 0 saturated heterocycles. The Labute approximate surface area is 124 Å². The van der Waals surface area contributed by atoms with Gasteiger partial charge < -0.3 is 15.7 Å². The number of anilines is 1. The van der Waals surface area contributed by atoms with E-state index in [9.17, 15) is 9.90 Å². The molecule has 110 valence electrons. The largest absolute Gasteiger partial charge is 0.505 e. The highest BCUT2D eigenvalue weighted by atomic mass is 16.3. The molecule has 0 saturated carbocycles. The van der Waals surface area contributed by atoms with Crippen LogP contribution < -0.4 is 10.6 Å². The number of hydrogen-bond acceptors (Lipinski definition) is 4. The van der Waals surface area contributed by atoms with Crippen LogP contribution in [-0.4, -0.2) is 22.5 Å². The van der Waals surface area contributed by atoms with Crippen molar-refractivity contribution in [3.05, 3.63) is 53.9 Å². The molecule has 0 aliphatic carbocycles. The van der Waals surface area contributed by atoms with Gasteiger partial charge in [0.1, 0.15) is 5.75 Å². The zero-order chi connectivity index (χ0) is 15.2. The Bertz CT molecular complexity index is 611.